The quantitative estimate of drug-likeness (QED) is 0.631. The lowest BCUT2D eigenvalue weighted by atomic mass is 9.86. The highest BCUT2D eigenvalue weighted by atomic mass is 35.5. The molecule has 2 amide bonds. The van der Waals surface area contributed by atoms with E-state index in [2.05, 4.69) is 10.6 Å². The van der Waals surface area contributed by atoms with Gasteiger partial charge >= 0.3 is 12.0 Å². The van der Waals surface area contributed by atoms with Gasteiger partial charge in [0.05, 0.1) is 12.0 Å². The van der Waals surface area contributed by atoms with Gasteiger partial charge in [-0.3, -0.25) is 4.79 Å². The molecule has 1 aliphatic rings. The SMILES string of the molecule is O=C(NC1CCC(C(=O)O)CC1)NC(CCO)c1ccc(Cl)cc1. The number of amides is 2. The van der Waals surface area contributed by atoms with Crippen molar-refractivity contribution < 1.29 is 19.8 Å². The molecule has 0 radical (unpaired) electrons. The third kappa shape index (κ3) is 5.39. The van der Waals surface area contributed by atoms with Crippen molar-refractivity contribution in [2.75, 3.05) is 6.61 Å². The van der Waals surface area contributed by atoms with Gasteiger partial charge in [0.15, 0.2) is 0 Å². The number of aliphatic hydroxyl groups is 1. The summed E-state index contributed by atoms with van der Waals surface area (Å²) in [6.45, 7) is -0.0444. The van der Waals surface area contributed by atoms with Crippen molar-refractivity contribution in [1.29, 1.82) is 0 Å². The molecule has 132 valence electrons. The van der Waals surface area contributed by atoms with Crippen molar-refractivity contribution in [3.63, 3.8) is 0 Å². The first-order valence-corrected chi connectivity index (χ1v) is 8.53. The Morgan fingerprint density at radius 2 is 1.79 bits per heavy atom. The normalized spacial score (nSPS) is 21.8. The average molecular weight is 355 g/mol. The highest BCUT2D eigenvalue weighted by Crippen LogP contribution is 2.24. The van der Waals surface area contributed by atoms with E-state index in [1.165, 1.54) is 0 Å². The van der Waals surface area contributed by atoms with Crippen LogP contribution in [0.15, 0.2) is 24.3 Å². The number of benzene rings is 1. The highest BCUT2D eigenvalue weighted by Gasteiger charge is 2.27. The summed E-state index contributed by atoms with van der Waals surface area (Å²) in [6, 6.07) is 6.51. The first-order valence-electron chi connectivity index (χ1n) is 8.15. The summed E-state index contributed by atoms with van der Waals surface area (Å²) in [7, 11) is 0. The zero-order chi connectivity index (χ0) is 17.5. The molecular formula is C17H23ClN2O4. The van der Waals surface area contributed by atoms with Crippen LogP contribution >= 0.6 is 11.6 Å². The summed E-state index contributed by atoms with van der Waals surface area (Å²) in [5.41, 5.74) is 0.873. The van der Waals surface area contributed by atoms with Crippen LogP contribution in [-0.4, -0.2) is 34.9 Å². The maximum Gasteiger partial charge on any atom is 0.315 e. The second kappa shape index (κ2) is 8.89. The van der Waals surface area contributed by atoms with E-state index in [-0.39, 0.29) is 30.6 Å². The molecule has 1 unspecified atom stereocenters. The van der Waals surface area contributed by atoms with Crippen LogP contribution in [0, 0.1) is 5.92 Å². The molecule has 24 heavy (non-hydrogen) atoms. The Morgan fingerprint density at radius 1 is 1.17 bits per heavy atom. The fourth-order valence-electron chi connectivity index (χ4n) is 3.02. The Balaban J connectivity index is 1.87. The third-order valence-corrected chi connectivity index (χ3v) is 4.66. The van der Waals surface area contributed by atoms with Gasteiger partial charge in [-0.25, -0.2) is 4.79 Å². The van der Waals surface area contributed by atoms with Crippen LogP contribution in [0.4, 0.5) is 4.79 Å². The summed E-state index contributed by atoms with van der Waals surface area (Å²) >= 11 is 5.87. The summed E-state index contributed by atoms with van der Waals surface area (Å²) in [6.07, 6.45) is 2.89. The number of rotatable bonds is 6. The standard InChI is InChI=1S/C17H23ClN2O4/c18-13-5-1-11(2-6-13)15(9-10-21)20-17(24)19-14-7-3-12(4-8-14)16(22)23/h1-2,5-6,12,14-15,21H,3-4,7-10H2,(H,22,23)(H2,19,20,24). The van der Waals surface area contributed by atoms with Gasteiger partial charge in [-0.2, -0.15) is 0 Å². The number of halogens is 1. The molecular weight excluding hydrogens is 332 g/mol. The van der Waals surface area contributed by atoms with Crippen molar-refractivity contribution >= 4 is 23.6 Å². The van der Waals surface area contributed by atoms with E-state index in [0.29, 0.717) is 37.1 Å². The van der Waals surface area contributed by atoms with Gasteiger partial charge in [-0.05, 0) is 49.8 Å². The molecule has 6 nitrogen and oxygen atoms in total. The van der Waals surface area contributed by atoms with Crippen molar-refractivity contribution in [3.8, 4) is 0 Å². The molecule has 0 spiro atoms. The lowest BCUT2D eigenvalue weighted by molar-refractivity contribution is -0.142. The number of nitrogens with one attached hydrogen (secondary N) is 2. The molecule has 1 atom stereocenters. The van der Waals surface area contributed by atoms with Gasteiger partial charge < -0.3 is 20.8 Å². The summed E-state index contributed by atoms with van der Waals surface area (Å²) in [5.74, 6) is -1.06. The van der Waals surface area contributed by atoms with E-state index in [1.807, 2.05) is 12.1 Å². The Morgan fingerprint density at radius 3 is 2.33 bits per heavy atom. The van der Waals surface area contributed by atoms with Gasteiger partial charge in [0, 0.05) is 17.7 Å². The number of urea groups is 1. The molecule has 4 N–H and O–H groups in total. The number of carboxylic acid groups (broad SMARTS) is 1. The topological polar surface area (TPSA) is 98.7 Å². The molecule has 0 aromatic heterocycles. The number of carbonyl (C=O) groups excluding carboxylic acids is 1. The first kappa shape index (κ1) is 18.5. The molecule has 1 aliphatic carbocycles. The van der Waals surface area contributed by atoms with Crippen LogP contribution in [0.1, 0.15) is 43.7 Å². The summed E-state index contributed by atoms with van der Waals surface area (Å²) < 4.78 is 0. The zero-order valence-electron chi connectivity index (χ0n) is 13.4. The fourth-order valence-corrected chi connectivity index (χ4v) is 3.14. The summed E-state index contributed by atoms with van der Waals surface area (Å²) in [4.78, 5) is 23.2. The molecule has 1 fully saturated rings. The Labute approximate surface area is 146 Å². The monoisotopic (exact) mass is 354 g/mol. The number of carbonyl (C=O) groups is 2. The minimum atomic E-state index is -0.761. The minimum Gasteiger partial charge on any atom is -0.481 e. The highest BCUT2D eigenvalue weighted by molar-refractivity contribution is 6.30. The van der Waals surface area contributed by atoms with Gasteiger partial charge in [0.25, 0.3) is 0 Å². The number of aliphatic carboxylic acids is 1. The van der Waals surface area contributed by atoms with Crippen molar-refractivity contribution in [2.24, 2.45) is 5.92 Å². The van der Waals surface area contributed by atoms with E-state index >= 15 is 0 Å². The first-order chi connectivity index (χ1) is 11.5. The predicted octanol–water partition coefficient (Wildman–Crippen LogP) is 2.71. The molecule has 0 aliphatic heterocycles. The molecule has 1 aromatic carbocycles. The number of hydrogen-bond acceptors (Lipinski definition) is 3. The number of hydrogen-bond donors (Lipinski definition) is 4. The molecule has 0 heterocycles. The zero-order valence-corrected chi connectivity index (χ0v) is 14.1. The van der Waals surface area contributed by atoms with Gasteiger partial charge in [-0.15, -0.1) is 0 Å². The van der Waals surface area contributed by atoms with Crippen LogP contribution in [0.3, 0.4) is 0 Å². The lowest BCUT2D eigenvalue weighted by Crippen LogP contribution is -2.45. The average Bonchev–Trinajstić information content (AvgIpc) is 2.55. The van der Waals surface area contributed by atoms with E-state index < -0.39 is 5.97 Å². The Kier molecular flexibility index (Phi) is 6.87. The molecule has 2 rings (SSSR count). The van der Waals surface area contributed by atoms with E-state index in [4.69, 9.17) is 16.7 Å². The number of aliphatic hydroxyl groups excluding tert-OH is 1. The fraction of sp³-hybridized carbons (Fsp3) is 0.529. The maximum atomic E-state index is 12.2. The van der Waals surface area contributed by atoms with Gasteiger partial charge in [0.1, 0.15) is 0 Å². The van der Waals surface area contributed by atoms with Crippen molar-refractivity contribution in [3.05, 3.63) is 34.9 Å². The summed E-state index contributed by atoms with van der Waals surface area (Å²) in [5, 5.41) is 24.6. The molecule has 1 saturated carbocycles. The Bertz CT molecular complexity index is 556. The van der Waals surface area contributed by atoms with Gasteiger partial charge in [-0.1, -0.05) is 23.7 Å². The molecule has 1 aromatic rings. The molecule has 7 heteroatoms. The minimum absolute atomic E-state index is 0.0133. The molecule has 0 bridgehead atoms. The smallest absolute Gasteiger partial charge is 0.315 e. The van der Waals surface area contributed by atoms with Crippen LogP contribution in [0.25, 0.3) is 0 Å². The van der Waals surface area contributed by atoms with Crippen LogP contribution in [-0.2, 0) is 4.79 Å². The van der Waals surface area contributed by atoms with Crippen LogP contribution < -0.4 is 10.6 Å². The van der Waals surface area contributed by atoms with E-state index in [9.17, 15) is 14.7 Å². The van der Waals surface area contributed by atoms with Crippen molar-refractivity contribution in [1.82, 2.24) is 10.6 Å². The van der Waals surface area contributed by atoms with Gasteiger partial charge in [0.2, 0.25) is 0 Å². The third-order valence-electron chi connectivity index (χ3n) is 4.41. The second-order valence-corrected chi connectivity index (χ2v) is 6.56. The number of carboxylic acids is 1. The van der Waals surface area contributed by atoms with Crippen LogP contribution in [0.5, 0.6) is 0 Å². The second-order valence-electron chi connectivity index (χ2n) is 6.12. The largest absolute Gasteiger partial charge is 0.481 e. The Hall–Kier alpha value is -1.79. The maximum absolute atomic E-state index is 12.2. The molecule has 0 saturated heterocycles. The lowest BCUT2D eigenvalue weighted by Gasteiger charge is -2.28. The van der Waals surface area contributed by atoms with Crippen molar-refractivity contribution in [2.45, 2.75) is 44.2 Å². The van der Waals surface area contributed by atoms with Crippen LogP contribution in [0.2, 0.25) is 5.02 Å². The predicted molar refractivity (Wildman–Crippen MR) is 90.9 cm³/mol. The van der Waals surface area contributed by atoms with E-state index in [1.54, 1.807) is 12.1 Å². The van der Waals surface area contributed by atoms with E-state index in [0.717, 1.165) is 5.56 Å².